The van der Waals surface area contributed by atoms with Crippen LogP contribution in [0.25, 0.3) is 11.3 Å². The van der Waals surface area contributed by atoms with Gasteiger partial charge in [0.15, 0.2) is 0 Å². The van der Waals surface area contributed by atoms with Gasteiger partial charge < -0.3 is 5.73 Å². The minimum atomic E-state index is -0.435. The highest BCUT2D eigenvalue weighted by molar-refractivity contribution is 9.10. The number of anilines is 1. The van der Waals surface area contributed by atoms with Crippen molar-refractivity contribution in [1.82, 2.24) is 9.78 Å². The molecular weight excluding hydrogens is 300 g/mol. The predicted molar refractivity (Wildman–Crippen MR) is 72.1 cm³/mol. The molecule has 0 spiro atoms. The number of nitro benzene ring substituents is 1. The second-order valence-corrected chi connectivity index (χ2v) is 4.85. The Labute approximate surface area is 112 Å². The monoisotopic (exact) mass is 310 g/mol. The van der Waals surface area contributed by atoms with Crippen LogP contribution in [0.2, 0.25) is 0 Å². The number of hydrogen-bond acceptors (Lipinski definition) is 4. The van der Waals surface area contributed by atoms with E-state index in [0.29, 0.717) is 21.5 Å². The molecule has 0 radical (unpaired) electrons. The van der Waals surface area contributed by atoms with Gasteiger partial charge in [-0.05, 0) is 13.0 Å². The third-order valence-corrected chi connectivity index (χ3v) is 3.16. The molecular formula is C11H11BrN4O2. The van der Waals surface area contributed by atoms with E-state index in [1.807, 2.05) is 6.92 Å². The Kier molecular flexibility index (Phi) is 3.08. The van der Waals surface area contributed by atoms with Gasteiger partial charge >= 0.3 is 0 Å². The van der Waals surface area contributed by atoms with Crippen LogP contribution >= 0.6 is 15.9 Å². The van der Waals surface area contributed by atoms with Crippen LogP contribution in [0.5, 0.6) is 0 Å². The molecule has 0 aliphatic carbocycles. The SMILES string of the molecule is Cc1c(-c2cc(Br)cc([N+](=O)[O-])c2)nn(C)c1N. The lowest BCUT2D eigenvalue weighted by atomic mass is 10.1. The van der Waals surface area contributed by atoms with Crippen molar-refractivity contribution >= 4 is 27.4 Å². The van der Waals surface area contributed by atoms with Gasteiger partial charge in [-0.25, -0.2) is 0 Å². The Morgan fingerprint density at radius 2 is 2.11 bits per heavy atom. The van der Waals surface area contributed by atoms with Crippen LogP contribution in [-0.2, 0) is 7.05 Å². The maximum Gasteiger partial charge on any atom is 0.271 e. The summed E-state index contributed by atoms with van der Waals surface area (Å²) in [6.45, 7) is 1.84. The quantitative estimate of drug-likeness (QED) is 0.682. The number of aromatic nitrogens is 2. The van der Waals surface area contributed by atoms with E-state index >= 15 is 0 Å². The number of halogens is 1. The number of benzene rings is 1. The zero-order valence-electron chi connectivity index (χ0n) is 9.85. The average molecular weight is 311 g/mol. The molecule has 1 heterocycles. The molecule has 0 aliphatic rings. The van der Waals surface area contributed by atoms with E-state index in [0.717, 1.165) is 5.56 Å². The van der Waals surface area contributed by atoms with Gasteiger partial charge in [-0.2, -0.15) is 5.10 Å². The summed E-state index contributed by atoms with van der Waals surface area (Å²) in [5, 5.41) is 15.1. The van der Waals surface area contributed by atoms with Crippen LogP contribution in [-0.4, -0.2) is 14.7 Å². The molecule has 0 bridgehead atoms. The van der Waals surface area contributed by atoms with Crippen LogP contribution in [0.4, 0.5) is 11.5 Å². The van der Waals surface area contributed by atoms with Crippen LogP contribution < -0.4 is 5.73 Å². The average Bonchev–Trinajstić information content (AvgIpc) is 2.56. The van der Waals surface area contributed by atoms with E-state index in [2.05, 4.69) is 21.0 Å². The van der Waals surface area contributed by atoms with Gasteiger partial charge in [0.25, 0.3) is 5.69 Å². The minimum absolute atomic E-state index is 0.0167. The van der Waals surface area contributed by atoms with Gasteiger partial charge in [0.1, 0.15) is 5.82 Å². The van der Waals surface area contributed by atoms with Gasteiger partial charge in [0, 0.05) is 34.8 Å². The summed E-state index contributed by atoms with van der Waals surface area (Å²) in [5.74, 6) is 0.549. The summed E-state index contributed by atoms with van der Waals surface area (Å²) in [4.78, 5) is 10.4. The van der Waals surface area contributed by atoms with Gasteiger partial charge in [0.05, 0.1) is 10.6 Å². The molecule has 0 saturated heterocycles. The van der Waals surface area contributed by atoms with Crippen LogP contribution in [0.15, 0.2) is 22.7 Å². The third-order valence-electron chi connectivity index (χ3n) is 2.70. The summed E-state index contributed by atoms with van der Waals surface area (Å²) < 4.78 is 2.19. The molecule has 94 valence electrons. The summed E-state index contributed by atoms with van der Waals surface area (Å²) in [7, 11) is 1.73. The number of aryl methyl sites for hydroxylation is 1. The molecule has 6 nitrogen and oxygen atoms in total. The molecule has 0 unspecified atom stereocenters. The molecule has 2 rings (SSSR count). The van der Waals surface area contributed by atoms with E-state index in [1.165, 1.54) is 12.1 Å². The zero-order chi connectivity index (χ0) is 13.4. The zero-order valence-corrected chi connectivity index (χ0v) is 11.4. The van der Waals surface area contributed by atoms with E-state index < -0.39 is 4.92 Å². The maximum absolute atomic E-state index is 10.8. The van der Waals surface area contributed by atoms with Crippen LogP contribution in [0, 0.1) is 17.0 Å². The fraction of sp³-hybridized carbons (Fsp3) is 0.182. The van der Waals surface area contributed by atoms with E-state index in [9.17, 15) is 10.1 Å². The highest BCUT2D eigenvalue weighted by atomic mass is 79.9. The van der Waals surface area contributed by atoms with Crippen molar-refractivity contribution in [2.24, 2.45) is 7.05 Å². The lowest BCUT2D eigenvalue weighted by molar-refractivity contribution is -0.384. The Morgan fingerprint density at radius 3 is 2.61 bits per heavy atom. The summed E-state index contributed by atoms with van der Waals surface area (Å²) in [6, 6.07) is 4.71. The number of hydrogen-bond donors (Lipinski definition) is 1. The summed E-state index contributed by atoms with van der Waals surface area (Å²) in [5.41, 5.74) is 7.98. The van der Waals surface area contributed by atoms with Crippen molar-refractivity contribution in [3.8, 4) is 11.3 Å². The first kappa shape index (κ1) is 12.6. The standard InChI is InChI=1S/C11H11BrN4O2/c1-6-10(14-15(2)11(6)13)7-3-8(12)5-9(4-7)16(17)18/h3-5H,13H2,1-2H3. The largest absolute Gasteiger partial charge is 0.384 e. The highest BCUT2D eigenvalue weighted by Gasteiger charge is 2.15. The van der Waals surface area contributed by atoms with Crippen molar-refractivity contribution in [2.45, 2.75) is 6.92 Å². The van der Waals surface area contributed by atoms with E-state index in [-0.39, 0.29) is 5.69 Å². The lowest BCUT2D eigenvalue weighted by Gasteiger charge is -2.00. The lowest BCUT2D eigenvalue weighted by Crippen LogP contribution is -1.97. The van der Waals surface area contributed by atoms with Crippen molar-refractivity contribution in [3.63, 3.8) is 0 Å². The predicted octanol–water partition coefficient (Wildman–Crippen LogP) is 2.65. The van der Waals surface area contributed by atoms with Crippen molar-refractivity contribution < 1.29 is 4.92 Å². The molecule has 0 fully saturated rings. The minimum Gasteiger partial charge on any atom is -0.384 e. The van der Waals surface area contributed by atoms with Gasteiger partial charge in [0.2, 0.25) is 0 Å². The molecule has 0 saturated carbocycles. The van der Waals surface area contributed by atoms with Gasteiger partial charge in [-0.15, -0.1) is 0 Å². The number of nitrogen functional groups attached to an aromatic ring is 1. The Balaban J connectivity index is 2.63. The Hall–Kier alpha value is -1.89. The molecule has 1 aromatic heterocycles. The first-order valence-corrected chi connectivity index (χ1v) is 5.94. The van der Waals surface area contributed by atoms with Crippen molar-refractivity contribution in [3.05, 3.63) is 38.3 Å². The third kappa shape index (κ3) is 2.08. The first-order valence-electron chi connectivity index (χ1n) is 5.14. The molecule has 18 heavy (non-hydrogen) atoms. The molecule has 2 N–H and O–H groups in total. The number of non-ortho nitro benzene ring substituents is 1. The molecule has 0 amide bonds. The number of nitro groups is 1. The van der Waals surface area contributed by atoms with Gasteiger partial charge in [-0.1, -0.05) is 15.9 Å². The second-order valence-electron chi connectivity index (χ2n) is 3.94. The van der Waals surface area contributed by atoms with E-state index in [1.54, 1.807) is 17.8 Å². The topological polar surface area (TPSA) is 87.0 Å². The summed E-state index contributed by atoms with van der Waals surface area (Å²) in [6.07, 6.45) is 0. The van der Waals surface area contributed by atoms with Gasteiger partial charge in [-0.3, -0.25) is 14.8 Å². The maximum atomic E-state index is 10.8. The fourth-order valence-electron chi connectivity index (χ4n) is 1.73. The number of nitrogens with zero attached hydrogens (tertiary/aromatic N) is 3. The number of rotatable bonds is 2. The van der Waals surface area contributed by atoms with Crippen LogP contribution in [0.3, 0.4) is 0 Å². The van der Waals surface area contributed by atoms with Crippen LogP contribution in [0.1, 0.15) is 5.56 Å². The normalized spacial score (nSPS) is 10.6. The molecule has 7 heteroatoms. The Bertz CT molecular complexity index is 636. The highest BCUT2D eigenvalue weighted by Crippen LogP contribution is 2.31. The molecule has 1 aromatic carbocycles. The molecule has 0 atom stereocenters. The second kappa shape index (κ2) is 4.41. The summed E-state index contributed by atoms with van der Waals surface area (Å²) >= 11 is 3.26. The van der Waals surface area contributed by atoms with Crippen molar-refractivity contribution in [2.75, 3.05) is 5.73 Å². The number of nitrogens with two attached hydrogens (primary N) is 1. The van der Waals surface area contributed by atoms with Crippen molar-refractivity contribution in [1.29, 1.82) is 0 Å². The smallest absolute Gasteiger partial charge is 0.271 e. The first-order chi connectivity index (χ1) is 8.40. The molecule has 2 aromatic rings. The fourth-order valence-corrected chi connectivity index (χ4v) is 2.21. The Morgan fingerprint density at radius 1 is 1.44 bits per heavy atom. The van der Waals surface area contributed by atoms with E-state index in [4.69, 9.17) is 5.73 Å². The molecule has 0 aliphatic heterocycles.